The molecule has 0 spiro atoms. The third kappa shape index (κ3) is 4.29. The van der Waals surface area contributed by atoms with E-state index in [-0.39, 0.29) is 11.7 Å². The van der Waals surface area contributed by atoms with Crippen molar-refractivity contribution in [3.63, 3.8) is 0 Å². The Morgan fingerprint density at radius 1 is 1.36 bits per heavy atom. The predicted molar refractivity (Wildman–Crippen MR) is 99.0 cm³/mol. The molecule has 0 saturated heterocycles. The number of ether oxygens (including phenoxy) is 2. The third-order valence-corrected chi connectivity index (χ3v) is 4.97. The summed E-state index contributed by atoms with van der Waals surface area (Å²) in [6, 6.07) is 6.13. The number of nitrogens with zero attached hydrogens (tertiary/aromatic N) is 2. The van der Waals surface area contributed by atoms with Crippen LogP contribution in [0.15, 0.2) is 30.2 Å². The predicted octanol–water partition coefficient (Wildman–Crippen LogP) is 1.36. The average Bonchev–Trinajstić information content (AvgIpc) is 3.01. The highest BCUT2D eigenvalue weighted by atomic mass is 32.1. The summed E-state index contributed by atoms with van der Waals surface area (Å²) >= 11 is 1.53. The van der Waals surface area contributed by atoms with Crippen LogP contribution in [0.1, 0.15) is 12.0 Å². The second-order valence-electron chi connectivity index (χ2n) is 6.44. The standard InChI is InChI=1S/C18H23N3O3S/c1-13-5-6-14-16(11-13)25-18(19-14)21(8-4-7-20(2)3)17(22)15-12-23-9-10-24-15/h5-6,11-12H,4,7-10H2,1-3H3/p+1. The van der Waals surface area contributed by atoms with Crippen molar-refractivity contribution in [1.29, 1.82) is 0 Å². The maximum atomic E-state index is 12.9. The highest BCUT2D eigenvalue weighted by Crippen LogP contribution is 2.30. The van der Waals surface area contributed by atoms with Crippen LogP contribution in [0.5, 0.6) is 0 Å². The van der Waals surface area contributed by atoms with Gasteiger partial charge in [-0.25, -0.2) is 4.98 Å². The lowest BCUT2D eigenvalue weighted by Gasteiger charge is -2.23. The summed E-state index contributed by atoms with van der Waals surface area (Å²) in [4.78, 5) is 20.7. The monoisotopic (exact) mass is 362 g/mol. The highest BCUT2D eigenvalue weighted by molar-refractivity contribution is 7.22. The van der Waals surface area contributed by atoms with E-state index in [1.165, 1.54) is 28.1 Å². The van der Waals surface area contributed by atoms with Crippen molar-refractivity contribution in [3.8, 4) is 0 Å². The lowest BCUT2D eigenvalue weighted by Crippen LogP contribution is -3.05. The SMILES string of the molecule is Cc1ccc2nc(N(CCC[NH+](C)C)C(=O)C3=COCCO3)sc2c1. The van der Waals surface area contributed by atoms with Gasteiger partial charge in [0, 0.05) is 13.0 Å². The van der Waals surface area contributed by atoms with Crippen molar-refractivity contribution in [3.05, 3.63) is 35.8 Å². The van der Waals surface area contributed by atoms with E-state index in [4.69, 9.17) is 9.47 Å². The molecule has 1 aromatic heterocycles. The van der Waals surface area contributed by atoms with Crippen LogP contribution in [-0.2, 0) is 14.3 Å². The molecule has 3 rings (SSSR count). The molecule has 1 amide bonds. The Hall–Kier alpha value is -2.12. The first-order chi connectivity index (χ1) is 12.0. The molecule has 134 valence electrons. The van der Waals surface area contributed by atoms with E-state index in [1.54, 1.807) is 4.90 Å². The fourth-order valence-corrected chi connectivity index (χ4v) is 3.71. The van der Waals surface area contributed by atoms with Crippen LogP contribution >= 0.6 is 11.3 Å². The molecule has 0 aliphatic carbocycles. The topological polar surface area (TPSA) is 56.1 Å². The van der Waals surface area contributed by atoms with Crippen molar-refractivity contribution in [1.82, 2.24) is 4.98 Å². The van der Waals surface area contributed by atoms with Gasteiger partial charge in [-0.1, -0.05) is 17.4 Å². The Morgan fingerprint density at radius 3 is 2.92 bits per heavy atom. The third-order valence-electron chi connectivity index (χ3n) is 3.93. The smallest absolute Gasteiger partial charge is 0.298 e. The van der Waals surface area contributed by atoms with E-state index in [2.05, 4.69) is 32.1 Å². The fraction of sp³-hybridized carbons (Fsp3) is 0.444. The lowest BCUT2D eigenvalue weighted by atomic mass is 10.2. The molecule has 1 N–H and O–H groups in total. The number of aryl methyl sites for hydroxylation is 1. The van der Waals surface area contributed by atoms with Crippen LogP contribution in [0.4, 0.5) is 5.13 Å². The molecule has 0 fully saturated rings. The maximum absolute atomic E-state index is 12.9. The van der Waals surface area contributed by atoms with Crippen molar-refractivity contribution >= 4 is 32.6 Å². The number of carbonyl (C=O) groups excluding carboxylic acids is 1. The van der Waals surface area contributed by atoms with Crippen molar-refractivity contribution < 1.29 is 19.2 Å². The molecule has 1 aliphatic rings. The van der Waals surface area contributed by atoms with Gasteiger partial charge >= 0.3 is 0 Å². The minimum absolute atomic E-state index is 0.191. The Bertz CT molecular complexity index is 785. The first kappa shape index (κ1) is 17.7. The number of benzene rings is 1. The number of quaternary nitrogens is 1. The van der Waals surface area contributed by atoms with Crippen LogP contribution in [0.25, 0.3) is 10.2 Å². The van der Waals surface area contributed by atoms with Gasteiger partial charge in [0.05, 0.1) is 30.9 Å². The number of thiazole rings is 1. The molecule has 2 aromatic rings. The van der Waals surface area contributed by atoms with Gasteiger partial charge in [-0.05, 0) is 24.6 Å². The molecule has 2 heterocycles. The van der Waals surface area contributed by atoms with Crippen molar-refractivity contribution in [2.24, 2.45) is 0 Å². The van der Waals surface area contributed by atoms with Crippen LogP contribution in [-0.4, -0.2) is 51.3 Å². The zero-order valence-electron chi connectivity index (χ0n) is 14.9. The average molecular weight is 362 g/mol. The molecule has 0 atom stereocenters. The molecule has 7 heteroatoms. The summed E-state index contributed by atoms with van der Waals surface area (Å²) in [7, 11) is 4.21. The van der Waals surface area contributed by atoms with Gasteiger partial charge in [0.1, 0.15) is 19.5 Å². The number of amides is 1. The van der Waals surface area contributed by atoms with Gasteiger partial charge < -0.3 is 14.4 Å². The number of rotatable bonds is 6. The molecule has 0 unspecified atom stereocenters. The summed E-state index contributed by atoms with van der Waals surface area (Å²) in [5, 5.41) is 0.703. The Kier molecular flexibility index (Phi) is 5.55. The normalized spacial score (nSPS) is 14.2. The Labute approximate surface area is 151 Å². The minimum Gasteiger partial charge on any atom is -0.494 e. The van der Waals surface area contributed by atoms with Crippen LogP contribution in [0.3, 0.4) is 0 Å². The summed E-state index contributed by atoms with van der Waals surface area (Å²) in [5.41, 5.74) is 2.10. The number of hydrogen-bond donors (Lipinski definition) is 1. The van der Waals surface area contributed by atoms with Gasteiger partial charge in [0.25, 0.3) is 5.91 Å². The largest absolute Gasteiger partial charge is 0.494 e. The number of hydrogen-bond acceptors (Lipinski definition) is 5. The molecule has 1 aliphatic heterocycles. The van der Waals surface area contributed by atoms with Crippen LogP contribution in [0.2, 0.25) is 0 Å². The summed E-state index contributed by atoms with van der Waals surface area (Å²) in [6.07, 6.45) is 2.30. The fourth-order valence-electron chi connectivity index (χ4n) is 2.62. The van der Waals surface area contributed by atoms with Gasteiger partial charge in [0.2, 0.25) is 5.76 Å². The summed E-state index contributed by atoms with van der Waals surface area (Å²) in [6.45, 7) is 4.50. The minimum atomic E-state index is -0.191. The number of anilines is 1. The maximum Gasteiger partial charge on any atom is 0.298 e. The zero-order valence-corrected chi connectivity index (χ0v) is 15.7. The molecule has 0 bridgehead atoms. The Morgan fingerprint density at radius 2 is 2.20 bits per heavy atom. The highest BCUT2D eigenvalue weighted by Gasteiger charge is 2.26. The molecule has 1 aromatic carbocycles. The van der Waals surface area contributed by atoms with Crippen LogP contribution < -0.4 is 9.80 Å². The van der Waals surface area contributed by atoms with Crippen molar-refractivity contribution in [2.45, 2.75) is 13.3 Å². The van der Waals surface area contributed by atoms with Crippen molar-refractivity contribution in [2.75, 3.05) is 45.3 Å². The van der Waals surface area contributed by atoms with Gasteiger partial charge in [-0.15, -0.1) is 0 Å². The second kappa shape index (κ2) is 7.84. The van der Waals surface area contributed by atoms with Crippen LogP contribution in [0, 0.1) is 6.92 Å². The molecular weight excluding hydrogens is 338 g/mol. The summed E-state index contributed by atoms with van der Waals surface area (Å²) < 4.78 is 11.8. The lowest BCUT2D eigenvalue weighted by molar-refractivity contribution is -0.858. The molecule has 6 nitrogen and oxygen atoms in total. The molecular formula is C18H24N3O3S+. The number of aromatic nitrogens is 1. The summed E-state index contributed by atoms with van der Waals surface area (Å²) in [5.74, 6) is 0.0584. The first-order valence-electron chi connectivity index (χ1n) is 8.47. The number of fused-ring (bicyclic) bond motifs is 1. The van der Waals surface area contributed by atoms with Gasteiger partial charge in [0.15, 0.2) is 5.13 Å². The molecule has 25 heavy (non-hydrogen) atoms. The van der Waals surface area contributed by atoms with E-state index in [9.17, 15) is 4.79 Å². The second-order valence-corrected chi connectivity index (χ2v) is 7.45. The van der Waals surface area contributed by atoms with Gasteiger partial charge in [-0.2, -0.15) is 0 Å². The number of nitrogens with one attached hydrogen (secondary N) is 1. The quantitative estimate of drug-likeness (QED) is 0.843. The zero-order chi connectivity index (χ0) is 17.8. The molecule has 0 saturated carbocycles. The van der Waals surface area contributed by atoms with E-state index in [0.717, 1.165) is 23.2 Å². The van der Waals surface area contributed by atoms with E-state index in [0.29, 0.717) is 24.9 Å². The number of carbonyl (C=O) groups is 1. The van der Waals surface area contributed by atoms with E-state index in [1.807, 2.05) is 12.1 Å². The Balaban J connectivity index is 1.88. The van der Waals surface area contributed by atoms with Gasteiger partial charge in [-0.3, -0.25) is 9.69 Å². The van der Waals surface area contributed by atoms with E-state index < -0.39 is 0 Å². The first-order valence-corrected chi connectivity index (χ1v) is 9.29. The molecule has 0 radical (unpaired) electrons. The van der Waals surface area contributed by atoms with E-state index >= 15 is 0 Å².